The van der Waals surface area contributed by atoms with Gasteiger partial charge in [0.2, 0.25) is 0 Å². The van der Waals surface area contributed by atoms with Crippen LogP contribution in [0.2, 0.25) is 0 Å². The van der Waals surface area contributed by atoms with Crippen molar-refractivity contribution in [2.75, 3.05) is 26.7 Å². The molecular weight excluding hydrogens is 232 g/mol. The summed E-state index contributed by atoms with van der Waals surface area (Å²) in [5.41, 5.74) is 0. The molecule has 1 fully saturated rings. The van der Waals surface area contributed by atoms with Gasteiger partial charge in [-0.2, -0.15) is 0 Å². The van der Waals surface area contributed by atoms with Gasteiger partial charge in [0.15, 0.2) is 0 Å². The Morgan fingerprint density at radius 3 is 2.39 bits per heavy atom. The number of nitrogens with zero attached hydrogens (tertiary/aromatic N) is 1. The molecule has 0 saturated carbocycles. The lowest BCUT2D eigenvalue weighted by Gasteiger charge is -2.37. The fourth-order valence-electron chi connectivity index (χ4n) is 2.43. The number of methoxy groups -OCH3 is 1. The Kier molecular flexibility index (Phi) is 6.05. The van der Waals surface area contributed by atoms with Crippen molar-refractivity contribution < 1.29 is 14.3 Å². The predicted octanol–water partition coefficient (Wildman–Crippen LogP) is 0.635. The van der Waals surface area contributed by atoms with Gasteiger partial charge in [0.05, 0.1) is 19.3 Å². The molecule has 0 aromatic carbocycles. The second kappa shape index (κ2) is 7.07. The Balaban J connectivity index is 2.56. The maximum absolute atomic E-state index is 11.7. The third kappa shape index (κ3) is 4.92. The molecule has 5 heteroatoms. The third-order valence-corrected chi connectivity index (χ3v) is 2.96. The van der Waals surface area contributed by atoms with Crippen molar-refractivity contribution >= 4 is 5.97 Å². The lowest BCUT2D eigenvalue weighted by Crippen LogP contribution is -2.54. The van der Waals surface area contributed by atoms with Crippen LogP contribution in [0.5, 0.6) is 0 Å². The van der Waals surface area contributed by atoms with E-state index in [1.807, 2.05) is 13.8 Å². The monoisotopic (exact) mass is 258 g/mol. The van der Waals surface area contributed by atoms with E-state index in [0.717, 1.165) is 13.1 Å². The highest BCUT2D eigenvalue weighted by molar-refractivity contribution is 5.76. The molecule has 1 rings (SSSR count). The smallest absolute Gasteiger partial charge is 0.324 e. The van der Waals surface area contributed by atoms with Gasteiger partial charge < -0.3 is 14.8 Å². The average Bonchev–Trinajstić information content (AvgIpc) is 2.25. The summed E-state index contributed by atoms with van der Waals surface area (Å²) in [7, 11) is 1.43. The van der Waals surface area contributed by atoms with Gasteiger partial charge in [-0.15, -0.1) is 0 Å². The van der Waals surface area contributed by atoms with E-state index >= 15 is 0 Å². The molecule has 0 aromatic heterocycles. The van der Waals surface area contributed by atoms with Crippen molar-refractivity contribution in [3.05, 3.63) is 0 Å². The van der Waals surface area contributed by atoms with Crippen molar-refractivity contribution in [1.29, 1.82) is 0 Å². The summed E-state index contributed by atoms with van der Waals surface area (Å²) in [6.45, 7) is 10.6. The lowest BCUT2D eigenvalue weighted by atomic mass is 10.2. The van der Waals surface area contributed by atoms with Crippen molar-refractivity contribution in [2.24, 2.45) is 0 Å². The van der Waals surface area contributed by atoms with Gasteiger partial charge in [0.25, 0.3) is 0 Å². The molecule has 106 valence electrons. The zero-order valence-corrected chi connectivity index (χ0v) is 12.1. The van der Waals surface area contributed by atoms with Crippen molar-refractivity contribution in [2.45, 2.75) is 52.0 Å². The standard InChI is InChI=1S/C13H26N2O3/c1-9(2)14-12(13(16)17-5)8-15-6-10(3)18-11(4)7-15/h9-12,14H,6-8H2,1-5H3/t10-,11+,12?. The molecule has 0 radical (unpaired) electrons. The number of nitrogens with one attached hydrogen (secondary N) is 1. The van der Waals surface area contributed by atoms with Gasteiger partial charge in [-0.1, -0.05) is 13.8 Å². The number of hydrogen-bond donors (Lipinski definition) is 1. The van der Waals surface area contributed by atoms with E-state index in [-0.39, 0.29) is 30.3 Å². The molecule has 1 aliphatic rings. The maximum Gasteiger partial charge on any atom is 0.324 e. The van der Waals surface area contributed by atoms with Crippen LogP contribution in [0.4, 0.5) is 0 Å². The zero-order valence-electron chi connectivity index (χ0n) is 12.1. The summed E-state index contributed by atoms with van der Waals surface area (Å²) in [5.74, 6) is -0.199. The third-order valence-electron chi connectivity index (χ3n) is 2.96. The van der Waals surface area contributed by atoms with E-state index in [4.69, 9.17) is 9.47 Å². The molecule has 1 N–H and O–H groups in total. The maximum atomic E-state index is 11.7. The van der Waals surface area contributed by atoms with Crippen molar-refractivity contribution in [3.63, 3.8) is 0 Å². The van der Waals surface area contributed by atoms with E-state index < -0.39 is 0 Å². The fourth-order valence-corrected chi connectivity index (χ4v) is 2.43. The summed E-state index contributed by atoms with van der Waals surface area (Å²) in [5, 5.41) is 3.25. The molecule has 1 saturated heterocycles. The number of rotatable bonds is 5. The Morgan fingerprint density at radius 2 is 1.94 bits per heavy atom. The molecule has 3 atom stereocenters. The van der Waals surface area contributed by atoms with Gasteiger partial charge >= 0.3 is 5.97 Å². The highest BCUT2D eigenvalue weighted by Crippen LogP contribution is 2.11. The second-order valence-corrected chi connectivity index (χ2v) is 5.37. The normalized spacial score (nSPS) is 27.2. The Morgan fingerprint density at radius 1 is 1.39 bits per heavy atom. The molecule has 1 unspecified atom stereocenters. The van der Waals surface area contributed by atoms with Crippen LogP contribution in [0.25, 0.3) is 0 Å². The molecular formula is C13H26N2O3. The average molecular weight is 258 g/mol. The van der Waals surface area contributed by atoms with Crippen LogP contribution in [0.1, 0.15) is 27.7 Å². The van der Waals surface area contributed by atoms with E-state index in [2.05, 4.69) is 24.1 Å². The minimum absolute atomic E-state index is 0.199. The van der Waals surface area contributed by atoms with Gasteiger partial charge in [0, 0.05) is 25.7 Å². The van der Waals surface area contributed by atoms with Crippen LogP contribution in [0.3, 0.4) is 0 Å². The number of hydrogen-bond acceptors (Lipinski definition) is 5. The molecule has 18 heavy (non-hydrogen) atoms. The van der Waals surface area contributed by atoms with Crippen LogP contribution < -0.4 is 5.32 Å². The van der Waals surface area contributed by atoms with Gasteiger partial charge in [-0.3, -0.25) is 9.69 Å². The summed E-state index contributed by atoms with van der Waals surface area (Å²) in [6, 6.07) is -0.0162. The quantitative estimate of drug-likeness (QED) is 0.733. The summed E-state index contributed by atoms with van der Waals surface area (Å²) < 4.78 is 10.5. The summed E-state index contributed by atoms with van der Waals surface area (Å²) >= 11 is 0. The predicted molar refractivity (Wildman–Crippen MR) is 70.5 cm³/mol. The topological polar surface area (TPSA) is 50.8 Å². The molecule has 1 heterocycles. The Hall–Kier alpha value is -0.650. The van der Waals surface area contributed by atoms with Crippen molar-refractivity contribution in [3.8, 4) is 0 Å². The summed E-state index contributed by atoms with van der Waals surface area (Å²) in [4.78, 5) is 14.0. The van der Waals surface area contributed by atoms with Crippen LogP contribution in [-0.4, -0.2) is 61.9 Å². The second-order valence-electron chi connectivity index (χ2n) is 5.37. The lowest BCUT2D eigenvalue weighted by molar-refractivity contribution is -0.145. The number of esters is 1. The minimum atomic E-state index is -0.271. The first kappa shape index (κ1) is 15.4. The molecule has 0 bridgehead atoms. The van der Waals surface area contributed by atoms with Crippen molar-refractivity contribution in [1.82, 2.24) is 10.2 Å². The molecule has 1 aliphatic heterocycles. The van der Waals surface area contributed by atoms with Gasteiger partial charge in [-0.25, -0.2) is 0 Å². The van der Waals surface area contributed by atoms with Gasteiger partial charge in [-0.05, 0) is 13.8 Å². The molecule has 0 spiro atoms. The van der Waals surface area contributed by atoms with Crippen LogP contribution in [-0.2, 0) is 14.3 Å². The molecule has 0 aliphatic carbocycles. The van der Waals surface area contributed by atoms with E-state index in [9.17, 15) is 4.79 Å². The summed E-state index contributed by atoms with van der Waals surface area (Å²) in [6.07, 6.45) is 0.428. The van der Waals surface area contributed by atoms with Crippen LogP contribution in [0.15, 0.2) is 0 Å². The number of carbonyl (C=O) groups is 1. The minimum Gasteiger partial charge on any atom is -0.468 e. The molecule has 5 nitrogen and oxygen atoms in total. The number of morpholine rings is 1. The fraction of sp³-hybridized carbons (Fsp3) is 0.923. The number of ether oxygens (including phenoxy) is 2. The highest BCUT2D eigenvalue weighted by Gasteiger charge is 2.28. The Bertz CT molecular complexity index is 261. The van der Waals surface area contributed by atoms with Crippen LogP contribution >= 0.6 is 0 Å². The molecule has 0 aromatic rings. The van der Waals surface area contributed by atoms with Crippen LogP contribution in [0, 0.1) is 0 Å². The largest absolute Gasteiger partial charge is 0.468 e. The number of carbonyl (C=O) groups excluding carboxylic acids is 1. The Labute approximate surface area is 110 Å². The van der Waals surface area contributed by atoms with E-state index in [1.165, 1.54) is 7.11 Å². The molecule has 0 amide bonds. The highest BCUT2D eigenvalue weighted by atomic mass is 16.5. The van der Waals surface area contributed by atoms with E-state index in [1.54, 1.807) is 0 Å². The first-order valence-electron chi connectivity index (χ1n) is 6.64. The first-order valence-corrected chi connectivity index (χ1v) is 6.64. The first-order chi connectivity index (χ1) is 8.42. The zero-order chi connectivity index (χ0) is 13.7. The SMILES string of the molecule is COC(=O)C(CN1C[C@@H](C)O[C@@H](C)C1)NC(C)C. The van der Waals surface area contributed by atoms with Gasteiger partial charge in [0.1, 0.15) is 6.04 Å². The van der Waals surface area contributed by atoms with E-state index in [0.29, 0.717) is 6.54 Å².